The zero-order valence-electron chi connectivity index (χ0n) is 11.0. The number of nitrogens with one attached hydrogen (secondary N) is 1. The highest BCUT2D eigenvalue weighted by atomic mass is 79.9. The number of ether oxygens (including phenoxy) is 1. The molecule has 20 heavy (non-hydrogen) atoms. The second-order valence-electron chi connectivity index (χ2n) is 4.50. The van der Waals surface area contributed by atoms with Gasteiger partial charge in [0.1, 0.15) is 12.1 Å². The Morgan fingerprint density at radius 2 is 2.05 bits per heavy atom. The average molecular weight is 341 g/mol. The summed E-state index contributed by atoms with van der Waals surface area (Å²) in [5.41, 5.74) is -0.573. The first-order chi connectivity index (χ1) is 9.40. The third kappa shape index (κ3) is 2.29. The van der Waals surface area contributed by atoms with Gasteiger partial charge in [-0.2, -0.15) is 0 Å². The van der Waals surface area contributed by atoms with E-state index in [9.17, 15) is 14.4 Å². The molecule has 0 spiro atoms. The van der Waals surface area contributed by atoms with Gasteiger partial charge in [-0.3, -0.25) is 14.5 Å². The SMILES string of the molecule is COC(=O)CN1C(=O)NC(C)(c2ccccc2Br)C1=O. The van der Waals surface area contributed by atoms with Gasteiger partial charge in [0.05, 0.1) is 7.11 Å². The van der Waals surface area contributed by atoms with Crippen molar-refractivity contribution in [2.24, 2.45) is 0 Å². The third-order valence-corrected chi connectivity index (χ3v) is 3.89. The van der Waals surface area contributed by atoms with Crippen LogP contribution in [0.2, 0.25) is 0 Å². The van der Waals surface area contributed by atoms with E-state index in [4.69, 9.17) is 0 Å². The van der Waals surface area contributed by atoms with Gasteiger partial charge in [0.15, 0.2) is 0 Å². The van der Waals surface area contributed by atoms with Crippen LogP contribution in [0, 0.1) is 0 Å². The van der Waals surface area contributed by atoms with Gasteiger partial charge in [-0.1, -0.05) is 34.1 Å². The Labute approximate surface area is 124 Å². The molecule has 7 heteroatoms. The number of hydrogen-bond acceptors (Lipinski definition) is 4. The molecule has 1 N–H and O–H groups in total. The molecule has 2 rings (SSSR count). The van der Waals surface area contributed by atoms with E-state index in [0.717, 1.165) is 4.90 Å². The lowest BCUT2D eigenvalue weighted by atomic mass is 9.92. The summed E-state index contributed by atoms with van der Waals surface area (Å²) >= 11 is 3.36. The third-order valence-electron chi connectivity index (χ3n) is 3.20. The minimum absolute atomic E-state index is 0.402. The first kappa shape index (κ1) is 14.5. The largest absolute Gasteiger partial charge is 0.468 e. The number of urea groups is 1. The molecule has 1 fully saturated rings. The zero-order valence-corrected chi connectivity index (χ0v) is 12.6. The van der Waals surface area contributed by atoms with E-state index in [2.05, 4.69) is 26.0 Å². The van der Waals surface area contributed by atoms with Crippen LogP contribution in [-0.2, 0) is 19.9 Å². The van der Waals surface area contributed by atoms with Crippen LogP contribution in [0.15, 0.2) is 28.7 Å². The maximum atomic E-state index is 12.5. The molecule has 106 valence electrons. The minimum Gasteiger partial charge on any atom is -0.468 e. The number of methoxy groups -OCH3 is 1. The topological polar surface area (TPSA) is 75.7 Å². The van der Waals surface area contributed by atoms with Crippen molar-refractivity contribution >= 4 is 33.8 Å². The zero-order chi connectivity index (χ0) is 14.9. The second-order valence-corrected chi connectivity index (χ2v) is 5.36. The number of imide groups is 1. The van der Waals surface area contributed by atoms with Gasteiger partial charge in [0, 0.05) is 10.0 Å². The first-order valence-electron chi connectivity index (χ1n) is 5.86. The normalized spacial score (nSPS) is 21.9. The predicted octanol–water partition coefficient (Wildman–Crippen LogP) is 1.39. The fourth-order valence-electron chi connectivity index (χ4n) is 2.08. The van der Waals surface area contributed by atoms with E-state index in [1.807, 2.05) is 6.07 Å². The van der Waals surface area contributed by atoms with Crippen LogP contribution in [0.25, 0.3) is 0 Å². The number of benzene rings is 1. The highest BCUT2D eigenvalue weighted by molar-refractivity contribution is 9.10. The summed E-state index contributed by atoms with van der Waals surface area (Å²) in [6, 6.07) is 6.49. The number of carbonyl (C=O) groups excluding carboxylic acids is 3. The van der Waals surface area contributed by atoms with Crippen molar-refractivity contribution in [3.8, 4) is 0 Å². The highest BCUT2D eigenvalue weighted by Crippen LogP contribution is 2.33. The molecule has 3 amide bonds. The summed E-state index contributed by atoms with van der Waals surface area (Å²) in [5.74, 6) is -1.13. The van der Waals surface area contributed by atoms with E-state index in [1.54, 1.807) is 25.1 Å². The van der Waals surface area contributed by atoms with Crippen LogP contribution in [0.4, 0.5) is 4.79 Å². The van der Waals surface area contributed by atoms with Gasteiger partial charge in [0.25, 0.3) is 5.91 Å². The summed E-state index contributed by atoms with van der Waals surface area (Å²) < 4.78 is 5.19. The van der Waals surface area contributed by atoms with Gasteiger partial charge in [-0.05, 0) is 13.0 Å². The van der Waals surface area contributed by atoms with Crippen molar-refractivity contribution in [2.75, 3.05) is 13.7 Å². The Morgan fingerprint density at radius 3 is 2.65 bits per heavy atom. The number of carbonyl (C=O) groups is 3. The molecular weight excluding hydrogens is 328 g/mol. The van der Waals surface area contributed by atoms with Gasteiger partial charge in [-0.15, -0.1) is 0 Å². The lowest BCUT2D eigenvalue weighted by Crippen LogP contribution is -2.41. The lowest BCUT2D eigenvalue weighted by molar-refractivity contribution is -0.145. The van der Waals surface area contributed by atoms with Gasteiger partial charge < -0.3 is 10.1 Å². The molecule has 0 radical (unpaired) electrons. The fraction of sp³-hybridized carbons (Fsp3) is 0.308. The Hall–Kier alpha value is -1.89. The van der Waals surface area contributed by atoms with Crippen molar-refractivity contribution in [2.45, 2.75) is 12.5 Å². The van der Waals surface area contributed by atoms with Crippen LogP contribution in [0.3, 0.4) is 0 Å². The second kappa shape index (κ2) is 5.24. The molecule has 1 aromatic carbocycles. The summed E-state index contributed by atoms with van der Waals surface area (Å²) in [7, 11) is 1.20. The standard InChI is InChI=1S/C13H13BrN2O4/c1-13(8-5-3-4-6-9(8)14)11(18)16(12(19)15-13)7-10(17)20-2/h3-6H,7H2,1-2H3,(H,15,19). The molecule has 0 saturated carbocycles. The molecule has 1 aromatic rings. The van der Waals surface area contributed by atoms with E-state index in [-0.39, 0.29) is 0 Å². The smallest absolute Gasteiger partial charge is 0.325 e. The monoisotopic (exact) mass is 340 g/mol. The molecular formula is C13H13BrN2O4. The number of rotatable bonds is 3. The Kier molecular flexibility index (Phi) is 3.80. The molecule has 1 atom stereocenters. The summed E-state index contributed by atoms with van der Waals surface area (Å²) in [6.07, 6.45) is 0. The number of hydrogen-bond donors (Lipinski definition) is 1. The Morgan fingerprint density at radius 1 is 1.40 bits per heavy atom. The minimum atomic E-state index is -1.20. The van der Waals surface area contributed by atoms with Gasteiger partial charge in [0.2, 0.25) is 0 Å². The van der Waals surface area contributed by atoms with Crippen molar-refractivity contribution in [3.63, 3.8) is 0 Å². The fourth-order valence-corrected chi connectivity index (χ4v) is 2.76. The quantitative estimate of drug-likeness (QED) is 0.666. The molecule has 1 heterocycles. The number of esters is 1. The molecule has 1 aliphatic rings. The van der Waals surface area contributed by atoms with Crippen molar-refractivity contribution in [1.82, 2.24) is 10.2 Å². The van der Waals surface area contributed by atoms with E-state index < -0.39 is 30.0 Å². The molecule has 0 aliphatic carbocycles. The molecule has 1 aliphatic heterocycles. The lowest BCUT2D eigenvalue weighted by Gasteiger charge is -2.23. The highest BCUT2D eigenvalue weighted by Gasteiger charge is 2.50. The summed E-state index contributed by atoms with van der Waals surface area (Å²) in [6.45, 7) is 1.20. The average Bonchev–Trinajstić information content (AvgIpc) is 2.63. The molecule has 0 aromatic heterocycles. The van der Waals surface area contributed by atoms with Gasteiger partial charge >= 0.3 is 12.0 Å². The van der Waals surface area contributed by atoms with Crippen molar-refractivity contribution in [1.29, 1.82) is 0 Å². The molecule has 1 unspecified atom stereocenters. The molecule has 1 saturated heterocycles. The Bertz CT molecular complexity index is 589. The van der Waals surface area contributed by atoms with Gasteiger partial charge in [-0.25, -0.2) is 4.79 Å². The molecule has 0 bridgehead atoms. The van der Waals surface area contributed by atoms with Crippen LogP contribution < -0.4 is 5.32 Å². The predicted molar refractivity (Wildman–Crippen MR) is 73.8 cm³/mol. The number of amides is 3. The maximum Gasteiger partial charge on any atom is 0.325 e. The van der Waals surface area contributed by atoms with E-state index in [1.165, 1.54) is 7.11 Å². The van der Waals surface area contributed by atoms with E-state index in [0.29, 0.717) is 10.0 Å². The summed E-state index contributed by atoms with van der Waals surface area (Å²) in [4.78, 5) is 36.5. The van der Waals surface area contributed by atoms with Crippen LogP contribution in [0.1, 0.15) is 12.5 Å². The van der Waals surface area contributed by atoms with Crippen LogP contribution >= 0.6 is 15.9 Å². The van der Waals surface area contributed by atoms with Crippen molar-refractivity contribution in [3.05, 3.63) is 34.3 Å². The number of halogens is 1. The van der Waals surface area contributed by atoms with E-state index >= 15 is 0 Å². The maximum absolute atomic E-state index is 12.5. The Balaban J connectivity index is 2.36. The van der Waals surface area contributed by atoms with Crippen LogP contribution in [-0.4, -0.2) is 36.5 Å². The molecule has 6 nitrogen and oxygen atoms in total. The first-order valence-corrected chi connectivity index (χ1v) is 6.65. The van der Waals surface area contributed by atoms with Crippen LogP contribution in [0.5, 0.6) is 0 Å². The summed E-state index contributed by atoms with van der Waals surface area (Å²) in [5, 5.41) is 2.62. The number of nitrogens with zero attached hydrogens (tertiary/aromatic N) is 1. The van der Waals surface area contributed by atoms with Crippen molar-refractivity contribution < 1.29 is 19.1 Å².